The summed E-state index contributed by atoms with van der Waals surface area (Å²) in [5.41, 5.74) is 5.54. The zero-order valence-corrected chi connectivity index (χ0v) is 13.7. The average Bonchev–Trinajstić information content (AvgIpc) is 3.06. The fraction of sp³-hybridized carbons (Fsp3) is 0.167. The number of hydrogen-bond acceptors (Lipinski definition) is 4. The van der Waals surface area contributed by atoms with E-state index in [1.54, 1.807) is 23.0 Å². The molecule has 128 valence electrons. The second-order valence-electron chi connectivity index (χ2n) is 5.53. The van der Waals surface area contributed by atoms with E-state index in [-0.39, 0.29) is 12.3 Å². The third-order valence-electron chi connectivity index (χ3n) is 3.78. The Morgan fingerprint density at radius 2 is 1.92 bits per heavy atom. The molecule has 0 radical (unpaired) electrons. The van der Waals surface area contributed by atoms with Crippen LogP contribution in [0.25, 0.3) is 10.8 Å². The number of methoxy groups -OCH3 is 1. The topological polar surface area (TPSA) is 99.2 Å². The molecule has 25 heavy (non-hydrogen) atoms. The summed E-state index contributed by atoms with van der Waals surface area (Å²) in [6.07, 6.45) is 1.86. The number of benzene rings is 2. The van der Waals surface area contributed by atoms with Crippen molar-refractivity contribution in [2.24, 2.45) is 5.73 Å². The first-order valence-electron chi connectivity index (χ1n) is 7.76. The molecule has 0 saturated heterocycles. The van der Waals surface area contributed by atoms with Crippen molar-refractivity contribution >= 4 is 28.4 Å². The highest BCUT2D eigenvalue weighted by atomic mass is 16.5. The quantitative estimate of drug-likeness (QED) is 0.719. The minimum atomic E-state index is -0.401. The van der Waals surface area contributed by atoms with Crippen molar-refractivity contribution in [3.63, 3.8) is 0 Å². The molecule has 2 amide bonds. The van der Waals surface area contributed by atoms with Crippen molar-refractivity contribution in [3.8, 4) is 5.75 Å². The van der Waals surface area contributed by atoms with Gasteiger partial charge in [0.25, 0.3) is 5.91 Å². The fourth-order valence-corrected chi connectivity index (χ4v) is 2.53. The summed E-state index contributed by atoms with van der Waals surface area (Å²) in [7, 11) is 1.53. The predicted octanol–water partition coefficient (Wildman–Crippen LogP) is 2.17. The lowest BCUT2D eigenvalue weighted by Crippen LogP contribution is -2.15. The van der Waals surface area contributed by atoms with Gasteiger partial charge in [0.1, 0.15) is 5.75 Å². The summed E-state index contributed by atoms with van der Waals surface area (Å²) < 4.78 is 6.90. The number of carbonyl (C=O) groups is 2. The molecule has 3 rings (SSSR count). The number of amides is 2. The summed E-state index contributed by atoms with van der Waals surface area (Å²) in [6, 6.07) is 13.0. The Labute approximate surface area is 144 Å². The monoisotopic (exact) mass is 338 g/mol. The molecular formula is C18H18N4O3. The highest BCUT2D eigenvalue weighted by molar-refractivity contribution is 6.08. The van der Waals surface area contributed by atoms with Crippen LogP contribution in [-0.4, -0.2) is 28.7 Å². The van der Waals surface area contributed by atoms with Crippen LogP contribution in [0.5, 0.6) is 5.75 Å². The van der Waals surface area contributed by atoms with Gasteiger partial charge in [-0.05, 0) is 22.9 Å². The molecule has 7 nitrogen and oxygen atoms in total. The highest BCUT2D eigenvalue weighted by Gasteiger charge is 2.15. The van der Waals surface area contributed by atoms with E-state index < -0.39 is 5.91 Å². The van der Waals surface area contributed by atoms with Crippen LogP contribution in [0.15, 0.2) is 48.7 Å². The maximum Gasteiger partial charge on any atom is 0.260 e. The van der Waals surface area contributed by atoms with Crippen molar-refractivity contribution in [1.29, 1.82) is 0 Å². The van der Waals surface area contributed by atoms with Crippen LogP contribution >= 0.6 is 0 Å². The first-order chi connectivity index (χ1) is 12.1. The summed E-state index contributed by atoms with van der Waals surface area (Å²) >= 11 is 0. The van der Waals surface area contributed by atoms with E-state index >= 15 is 0 Å². The van der Waals surface area contributed by atoms with E-state index in [9.17, 15) is 9.59 Å². The number of carbonyl (C=O) groups excluding carboxylic acids is 2. The Morgan fingerprint density at radius 1 is 1.20 bits per heavy atom. The number of fused-ring (bicyclic) bond motifs is 1. The van der Waals surface area contributed by atoms with Gasteiger partial charge in [-0.3, -0.25) is 14.3 Å². The van der Waals surface area contributed by atoms with Gasteiger partial charge in [-0.2, -0.15) is 5.10 Å². The van der Waals surface area contributed by atoms with Crippen molar-refractivity contribution < 1.29 is 14.3 Å². The smallest absolute Gasteiger partial charge is 0.260 e. The fourth-order valence-electron chi connectivity index (χ4n) is 2.53. The lowest BCUT2D eigenvalue weighted by molar-refractivity contribution is -0.118. The van der Waals surface area contributed by atoms with E-state index in [0.29, 0.717) is 23.7 Å². The van der Waals surface area contributed by atoms with Gasteiger partial charge in [-0.1, -0.05) is 24.3 Å². The standard InChI is InChI=1S/C18H18N4O3/c1-25-15-11-13-5-3-2-4-12(13)10-14(15)18(24)20-17-7-9-22(21-17)8-6-16(19)23/h2-5,7,9-11H,6,8H2,1H3,(H2,19,23)(H,20,21,24). The van der Waals surface area contributed by atoms with E-state index in [1.165, 1.54) is 7.11 Å². The zero-order chi connectivity index (χ0) is 17.8. The Hall–Kier alpha value is -3.35. The molecule has 0 aliphatic carbocycles. The molecule has 7 heteroatoms. The normalized spacial score (nSPS) is 10.6. The van der Waals surface area contributed by atoms with Crippen LogP contribution in [0.3, 0.4) is 0 Å². The van der Waals surface area contributed by atoms with Gasteiger partial charge in [-0.15, -0.1) is 0 Å². The third-order valence-corrected chi connectivity index (χ3v) is 3.78. The van der Waals surface area contributed by atoms with Crippen LogP contribution in [-0.2, 0) is 11.3 Å². The number of aromatic nitrogens is 2. The SMILES string of the molecule is COc1cc2ccccc2cc1C(=O)Nc1ccn(CCC(N)=O)n1. The van der Waals surface area contributed by atoms with E-state index in [0.717, 1.165) is 10.8 Å². The molecule has 0 fully saturated rings. The first-order valence-corrected chi connectivity index (χ1v) is 7.76. The van der Waals surface area contributed by atoms with Crippen molar-refractivity contribution in [2.75, 3.05) is 12.4 Å². The first kappa shape index (κ1) is 16.5. The van der Waals surface area contributed by atoms with Gasteiger partial charge in [-0.25, -0.2) is 0 Å². The lowest BCUT2D eigenvalue weighted by atomic mass is 10.1. The van der Waals surface area contributed by atoms with Crippen LogP contribution in [0.4, 0.5) is 5.82 Å². The summed E-state index contributed by atoms with van der Waals surface area (Å²) in [5, 5.41) is 8.88. The van der Waals surface area contributed by atoms with Gasteiger partial charge in [0, 0.05) is 25.2 Å². The van der Waals surface area contributed by atoms with Gasteiger partial charge >= 0.3 is 0 Å². The van der Waals surface area contributed by atoms with Crippen molar-refractivity contribution in [1.82, 2.24) is 9.78 Å². The lowest BCUT2D eigenvalue weighted by Gasteiger charge is -2.10. The molecule has 0 spiro atoms. The van der Waals surface area contributed by atoms with Crippen LogP contribution in [0.2, 0.25) is 0 Å². The van der Waals surface area contributed by atoms with E-state index in [1.807, 2.05) is 30.3 Å². The zero-order valence-electron chi connectivity index (χ0n) is 13.7. The maximum atomic E-state index is 12.6. The molecule has 1 heterocycles. The Kier molecular flexibility index (Phi) is 4.65. The molecule has 0 aliphatic rings. The highest BCUT2D eigenvalue weighted by Crippen LogP contribution is 2.26. The molecule has 0 atom stereocenters. The van der Waals surface area contributed by atoms with Gasteiger partial charge in [0.05, 0.1) is 12.7 Å². The Bertz CT molecular complexity index is 933. The summed E-state index contributed by atoms with van der Waals surface area (Å²) in [5.74, 6) is 0.166. The number of anilines is 1. The second-order valence-corrected chi connectivity index (χ2v) is 5.53. The average molecular weight is 338 g/mol. The number of hydrogen-bond donors (Lipinski definition) is 2. The predicted molar refractivity (Wildman–Crippen MR) is 94.5 cm³/mol. The van der Waals surface area contributed by atoms with Crippen LogP contribution in [0.1, 0.15) is 16.8 Å². The molecule has 2 aromatic carbocycles. The maximum absolute atomic E-state index is 12.6. The van der Waals surface area contributed by atoms with Gasteiger partial charge < -0.3 is 15.8 Å². The molecule has 0 saturated carbocycles. The number of nitrogens with zero attached hydrogens (tertiary/aromatic N) is 2. The Morgan fingerprint density at radius 3 is 2.60 bits per heavy atom. The van der Waals surface area contributed by atoms with Crippen LogP contribution in [0, 0.1) is 0 Å². The molecular weight excluding hydrogens is 320 g/mol. The second kappa shape index (κ2) is 7.04. The van der Waals surface area contributed by atoms with Crippen LogP contribution < -0.4 is 15.8 Å². The number of primary amides is 1. The molecule has 3 aromatic rings. The van der Waals surface area contributed by atoms with E-state index in [4.69, 9.17) is 10.5 Å². The molecule has 0 bridgehead atoms. The number of nitrogens with two attached hydrogens (primary N) is 1. The van der Waals surface area contributed by atoms with Gasteiger partial charge in [0.2, 0.25) is 5.91 Å². The number of nitrogens with one attached hydrogen (secondary N) is 1. The molecule has 1 aromatic heterocycles. The summed E-state index contributed by atoms with van der Waals surface area (Å²) in [6.45, 7) is 0.366. The minimum Gasteiger partial charge on any atom is -0.496 e. The Balaban J connectivity index is 1.81. The van der Waals surface area contributed by atoms with Crippen molar-refractivity contribution in [3.05, 3.63) is 54.2 Å². The number of rotatable bonds is 6. The van der Waals surface area contributed by atoms with Crippen molar-refractivity contribution in [2.45, 2.75) is 13.0 Å². The largest absolute Gasteiger partial charge is 0.496 e. The van der Waals surface area contributed by atoms with Gasteiger partial charge in [0.15, 0.2) is 5.82 Å². The molecule has 0 unspecified atom stereocenters. The molecule has 3 N–H and O–H groups in total. The third kappa shape index (κ3) is 3.77. The number of aryl methyl sites for hydroxylation is 1. The van der Waals surface area contributed by atoms with E-state index in [2.05, 4.69) is 10.4 Å². The molecule has 0 aliphatic heterocycles. The number of ether oxygens (including phenoxy) is 1. The summed E-state index contributed by atoms with van der Waals surface area (Å²) in [4.78, 5) is 23.4. The minimum absolute atomic E-state index is 0.188.